The van der Waals surface area contributed by atoms with E-state index in [1.165, 1.54) is 0 Å². The molecule has 34 heavy (non-hydrogen) atoms. The van der Waals surface area contributed by atoms with Gasteiger partial charge in [-0.25, -0.2) is 4.98 Å². The molecule has 0 aliphatic rings. The molecule has 0 aliphatic heterocycles. The molecule has 0 fully saturated rings. The summed E-state index contributed by atoms with van der Waals surface area (Å²) in [5, 5.41) is 3.45. The first-order valence-corrected chi connectivity index (χ1v) is 10.8. The Morgan fingerprint density at radius 3 is 2.29 bits per heavy atom. The normalized spacial score (nSPS) is 10.7. The van der Waals surface area contributed by atoms with Crippen molar-refractivity contribution in [2.24, 2.45) is 0 Å². The summed E-state index contributed by atoms with van der Waals surface area (Å²) in [6.07, 6.45) is 0. The zero-order chi connectivity index (χ0) is 23.5. The molecule has 0 aliphatic carbocycles. The van der Waals surface area contributed by atoms with Crippen LogP contribution in [0.4, 0.5) is 5.69 Å². The van der Waals surface area contributed by atoms with Crippen molar-refractivity contribution in [3.63, 3.8) is 0 Å². The third kappa shape index (κ3) is 4.17. The van der Waals surface area contributed by atoms with Gasteiger partial charge < -0.3 is 10.1 Å². The minimum absolute atomic E-state index is 0.146. The van der Waals surface area contributed by atoms with Gasteiger partial charge in [0, 0.05) is 5.56 Å². The van der Waals surface area contributed by atoms with Crippen LogP contribution in [0.3, 0.4) is 0 Å². The highest BCUT2D eigenvalue weighted by Gasteiger charge is 2.13. The van der Waals surface area contributed by atoms with Gasteiger partial charge in [0.1, 0.15) is 11.6 Å². The van der Waals surface area contributed by atoms with E-state index in [0.29, 0.717) is 45.2 Å². The first kappa shape index (κ1) is 21.2. The summed E-state index contributed by atoms with van der Waals surface area (Å²) in [5.41, 5.74) is 2.18. The van der Waals surface area contributed by atoms with Crippen molar-refractivity contribution in [2.45, 2.75) is 6.92 Å². The Balaban J connectivity index is 1.40. The van der Waals surface area contributed by atoms with Gasteiger partial charge in [-0.3, -0.25) is 14.2 Å². The van der Waals surface area contributed by atoms with Crippen LogP contribution < -0.4 is 15.6 Å². The third-order valence-electron chi connectivity index (χ3n) is 5.44. The highest BCUT2D eigenvalue weighted by molar-refractivity contribution is 6.05. The third-order valence-corrected chi connectivity index (χ3v) is 5.44. The van der Waals surface area contributed by atoms with E-state index in [2.05, 4.69) is 10.3 Å². The Bertz CT molecular complexity index is 1540. The standard InChI is InChI=1S/C28H21N3O3/c1-19-29-24-12-6-5-11-23(24)28(33)31(19)21-17-15-20(16-18-21)27(32)30-25-13-7-8-14-26(25)34-22-9-3-2-4-10-22/h2-18H,1H3,(H,30,32). The summed E-state index contributed by atoms with van der Waals surface area (Å²) in [6, 6.07) is 30.8. The lowest BCUT2D eigenvalue weighted by molar-refractivity contribution is 0.102. The van der Waals surface area contributed by atoms with E-state index in [9.17, 15) is 9.59 Å². The van der Waals surface area contributed by atoms with Crippen LogP contribution in [-0.4, -0.2) is 15.5 Å². The molecule has 0 atom stereocenters. The molecule has 6 heteroatoms. The number of carbonyl (C=O) groups excluding carboxylic acids is 1. The molecule has 4 aromatic carbocycles. The van der Waals surface area contributed by atoms with E-state index >= 15 is 0 Å². The number of ether oxygens (including phenoxy) is 1. The van der Waals surface area contributed by atoms with Crippen LogP contribution in [0.1, 0.15) is 16.2 Å². The largest absolute Gasteiger partial charge is 0.455 e. The molecule has 1 N–H and O–H groups in total. The average molecular weight is 447 g/mol. The molecule has 5 rings (SSSR count). The molecule has 5 aromatic rings. The van der Waals surface area contributed by atoms with Crippen LogP contribution in [0.25, 0.3) is 16.6 Å². The number of carbonyl (C=O) groups is 1. The number of para-hydroxylation sites is 4. The van der Waals surface area contributed by atoms with Crippen LogP contribution in [0.5, 0.6) is 11.5 Å². The quantitative estimate of drug-likeness (QED) is 0.373. The van der Waals surface area contributed by atoms with E-state index in [-0.39, 0.29) is 11.5 Å². The van der Waals surface area contributed by atoms with Crippen molar-refractivity contribution in [1.82, 2.24) is 9.55 Å². The fourth-order valence-corrected chi connectivity index (χ4v) is 3.78. The molecule has 166 valence electrons. The second-order valence-electron chi connectivity index (χ2n) is 7.73. The topological polar surface area (TPSA) is 73.2 Å². The summed E-state index contributed by atoms with van der Waals surface area (Å²) in [7, 11) is 0. The van der Waals surface area contributed by atoms with Crippen LogP contribution >= 0.6 is 0 Å². The minimum atomic E-state index is -0.281. The van der Waals surface area contributed by atoms with E-state index in [1.807, 2.05) is 60.7 Å². The van der Waals surface area contributed by atoms with E-state index in [4.69, 9.17) is 4.74 Å². The minimum Gasteiger partial charge on any atom is -0.455 e. The number of rotatable bonds is 5. The van der Waals surface area contributed by atoms with Gasteiger partial charge in [-0.15, -0.1) is 0 Å². The average Bonchev–Trinajstić information content (AvgIpc) is 2.86. The zero-order valence-electron chi connectivity index (χ0n) is 18.4. The summed E-state index contributed by atoms with van der Waals surface area (Å²) >= 11 is 0. The first-order valence-electron chi connectivity index (χ1n) is 10.8. The number of aromatic nitrogens is 2. The monoisotopic (exact) mass is 447 g/mol. The summed E-state index contributed by atoms with van der Waals surface area (Å²) in [4.78, 5) is 30.5. The van der Waals surface area contributed by atoms with Crippen LogP contribution in [0.15, 0.2) is 108 Å². The Morgan fingerprint density at radius 1 is 0.824 bits per heavy atom. The number of hydrogen-bond donors (Lipinski definition) is 1. The number of amides is 1. The fourth-order valence-electron chi connectivity index (χ4n) is 3.78. The van der Waals surface area contributed by atoms with Crippen molar-refractivity contribution in [1.29, 1.82) is 0 Å². The lowest BCUT2D eigenvalue weighted by atomic mass is 10.1. The van der Waals surface area contributed by atoms with E-state index in [1.54, 1.807) is 54.0 Å². The molecule has 1 heterocycles. The molecule has 0 radical (unpaired) electrons. The van der Waals surface area contributed by atoms with Crippen molar-refractivity contribution >= 4 is 22.5 Å². The van der Waals surface area contributed by atoms with Gasteiger partial charge >= 0.3 is 0 Å². The molecule has 0 spiro atoms. The number of aryl methyl sites for hydroxylation is 1. The summed E-state index contributed by atoms with van der Waals surface area (Å²) in [5.74, 6) is 1.52. The molecule has 0 saturated carbocycles. The Kier molecular flexibility index (Phi) is 5.62. The van der Waals surface area contributed by atoms with Crippen LogP contribution in [-0.2, 0) is 0 Å². The van der Waals surface area contributed by atoms with Crippen molar-refractivity contribution < 1.29 is 9.53 Å². The second kappa shape index (κ2) is 9.03. The Morgan fingerprint density at radius 2 is 1.50 bits per heavy atom. The number of benzene rings is 4. The van der Waals surface area contributed by atoms with Crippen molar-refractivity contribution in [3.8, 4) is 17.2 Å². The number of fused-ring (bicyclic) bond motifs is 1. The molecular formula is C28H21N3O3. The molecule has 1 amide bonds. The van der Waals surface area contributed by atoms with Gasteiger partial charge in [0.15, 0.2) is 5.75 Å². The molecule has 0 saturated heterocycles. The molecule has 1 aromatic heterocycles. The lowest BCUT2D eigenvalue weighted by Gasteiger charge is -2.13. The second-order valence-corrected chi connectivity index (χ2v) is 7.73. The van der Waals surface area contributed by atoms with Crippen LogP contribution in [0, 0.1) is 6.92 Å². The summed E-state index contributed by atoms with van der Waals surface area (Å²) < 4.78 is 7.47. The SMILES string of the molecule is Cc1nc2ccccc2c(=O)n1-c1ccc(C(=O)Nc2ccccc2Oc2ccccc2)cc1. The highest BCUT2D eigenvalue weighted by Crippen LogP contribution is 2.29. The van der Waals surface area contributed by atoms with Gasteiger partial charge in [0.05, 0.1) is 22.3 Å². The van der Waals surface area contributed by atoms with E-state index < -0.39 is 0 Å². The fraction of sp³-hybridized carbons (Fsp3) is 0.0357. The van der Waals surface area contributed by atoms with Gasteiger partial charge in [0.25, 0.3) is 11.5 Å². The van der Waals surface area contributed by atoms with Crippen molar-refractivity contribution in [3.05, 3.63) is 125 Å². The lowest BCUT2D eigenvalue weighted by Crippen LogP contribution is -2.22. The predicted molar refractivity (Wildman–Crippen MR) is 133 cm³/mol. The van der Waals surface area contributed by atoms with Crippen LogP contribution in [0.2, 0.25) is 0 Å². The first-order chi connectivity index (χ1) is 16.6. The molecule has 0 bridgehead atoms. The maximum atomic E-state index is 13.0. The molecule has 6 nitrogen and oxygen atoms in total. The number of nitrogens with one attached hydrogen (secondary N) is 1. The molecule has 0 unspecified atom stereocenters. The van der Waals surface area contributed by atoms with Gasteiger partial charge in [-0.1, -0.05) is 42.5 Å². The maximum absolute atomic E-state index is 13.0. The Hall–Kier alpha value is -4.71. The van der Waals surface area contributed by atoms with Gasteiger partial charge in [0.2, 0.25) is 0 Å². The highest BCUT2D eigenvalue weighted by atomic mass is 16.5. The zero-order valence-corrected chi connectivity index (χ0v) is 18.4. The van der Waals surface area contributed by atoms with Gasteiger partial charge in [-0.05, 0) is 67.6 Å². The number of anilines is 1. The number of nitrogens with zero attached hydrogens (tertiary/aromatic N) is 2. The van der Waals surface area contributed by atoms with Gasteiger partial charge in [-0.2, -0.15) is 0 Å². The van der Waals surface area contributed by atoms with Crippen molar-refractivity contribution in [2.75, 3.05) is 5.32 Å². The van der Waals surface area contributed by atoms with E-state index in [0.717, 1.165) is 0 Å². The summed E-state index contributed by atoms with van der Waals surface area (Å²) in [6.45, 7) is 1.79. The molecular weight excluding hydrogens is 426 g/mol. The predicted octanol–water partition coefficient (Wildman–Crippen LogP) is 5.74. The maximum Gasteiger partial charge on any atom is 0.265 e. The Labute approximate surface area is 196 Å². The number of hydrogen-bond acceptors (Lipinski definition) is 4. The smallest absolute Gasteiger partial charge is 0.265 e.